The molecule has 0 unspecified atom stereocenters. The Bertz CT molecular complexity index is 468. The third kappa shape index (κ3) is 2.81. The third-order valence-corrected chi connectivity index (χ3v) is 3.98. The van der Waals surface area contributed by atoms with Crippen molar-refractivity contribution in [3.63, 3.8) is 0 Å². The number of hydrogen-bond donors (Lipinski definition) is 4. The number of phenols is 2. The lowest BCUT2D eigenvalue weighted by molar-refractivity contribution is 0.0929. The maximum atomic E-state index is 12.0. The number of carbonyl (C=O) groups excluding carboxylic acids is 1. The predicted octanol–water partition coefficient (Wildman–Crippen LogP) is 1.35. The molecule has 1 fully saturated rings. The van der Waals surface area contributed by atoms with Crippen LogP contribution < -0.4 is 11.1 Å². The van der Waals surface area contributed by atoms with Crippen molar-refractivity contribution in [3.05, 3.63) is 23.8 Å². The number of benzene rings is 1. The summed E-state index contributed by atoms with van der Waals surface area (Å²) in [4.78, 5) is 12.0. The molecule has 0 heterocycles. The van der Waals surface area contributed by atoms with Crippen molar-refractivity contribution in [2.75, 3.05) is 13.1 Å². The lowest BCUT2D eigenvalue weighted by Gasteiger charge is -2.27. The van der Waals surface area contributed by atoms with Gasteiger partial charge in [-0.2, -0.15) is 0 Å². The van der Waals surface area contributed by atoms with E-state index in [0.29, 0.717) is 13.1 Å². The first-order valence-corrected chi connectivity index (χ1v) is 6.57. The fourth-order valence-corrected chi connectivity index (χ4v) is 2.66. The van der Waals surface area contributed by atoms with Crippen molar-refractivity contribution in [2.45, 2.75) is 25.7 Å². The number of phenolic OH excluding ortho intramolecular Hbond substituents is 2. The van der Waals surface area contributed by atoms with Crippen molar-refractivity contribution in [1.82, 2.24) is 5.32 Å². The number of aromatic hydroxyl groups is 2. The summed E-state index contributed by atoms with van der Waals surface area (Å²) in [5, 5.41) is 21.8. The molecule has 0 spiro atoms. The van der Waals surface area contributed by atoms with E-state index in [9.17, 15) is 15.0 Å². The summed E-state index contributed by atoms with van der Waals surface area (Å²) in [6.45, 7) is 1.07. The Morgan fingerprint density at radius 2 is 2.00 bits per heavy atom. The highest BCUT2D eigenvalue weighted by Gasteiger charge is 2.32. The van der Waals surface area contributed by atoms with Crippen molar-refractivity contribution in [3.8, 4) is 11.5 Å². The zero-order chi connectivity index (χ0) is 13.9. The molecule has 0 atom stereocenters. The van der Waals surface area contributed by atoms with Gasteiger partial charge in [-0.1, -0.05) is 18.9 Å². The molecule has 1 aliphatic rings. The quantitative estimate of drug-likeness (QED) is 0.617. The van der Waals surface area contributed by atoms with E-state index in [0.717, 1.165) is 25.7 Å². The minimum atomic E-state index is -0.381. The van der Waals surface area contributed by atoms with Gasteiger partial charge < -0.3 is 21.3 Å². The Morgan fingerprint density at radius 1 is 1.32 bits per heavy atom. The van der Waals surface area contributed by atoms with E-state index >= 15 is 0 Å². The third-order valence-electron chi connectivity index (χ3n) is 3.98. The number of para-hydroxylation sites is 1. The molecule has 2 rings (SSSR count). The molecular formula is C14H20N2O3. The van der Waals surface area contributed by atoms with Gasteiger partial charge in [0.15, 0.2) is 11.5 Å². The number of nitrogens with two attached hydrogens (primary N) is 1. The van der Waals surface area contributed by atoms with E-state index in [2.05, 4.69) is 5.32 Å². The van der Waals surface area contributed by atoms with E-state index in [1.807, 2.05) is 0 Å². The van der Waals surface area contributed by atoms with Crippen LogP contribution in [0.5, 0.6) is 11.5 Å². The maximum Gasteiger partial charge on any atom is 0.255 e. The highest BCUT2D eigenvalue weighted by atomic mass is 16.3. The monoisotopic (exact) mass is 264 g/mol. The zero-order valence-electron chi connectivity index (χ0n) is 10.9. The van der Waals surface area contributed by atoms with Gasteiger partial charge in [0.25, 0.3) is 5.91 Å². The Hall–Kier alpha value is -1.75. The molecule has 1 aromatic rings. The lowest BCUT2D eigenvalue weighted by atomic mass is 9.86. The van der Waals surface area contributed by atoms with E-state index in [1.165, 1.54) is 18.2 Å². The van der Waals surface area contributed by atoms with Crippen molar-refractivity contribution >= 4 is 5.91 Å². The summed E-state index contributed by atoms with van der Waals surface area (Å²) in [6, 6.07) is 4.34. The van der Waals surface area contributed by atoms with Crippen molar-refractivity contribution in [1.29, 1.82) is 0 Å². The summed E-state index contributed by atoms with van der Waals surface area (Å²) in [6.07, 6.45) is 4.33. The molecule has 0 aromatic heterocycles. The minimum Gasteiger partial charge on any atom is -0.504 e. The van der Waals surface area contributed by atoms with Gasteiger partial charge in [-0.15, -0.1) is 0 Å². The normalized spacial score (nSPS) is 17.3. The van der Waals surface area contributed by atoms with Gasteiger partial charge in [0.2, 0.25) is 0 Å². The second-order valence-electron chi connectivity index (χ2n) is 5.27. The molecule has 1 aromatic carbocycles. The molecule has 0 aliphatic heterocycles. The van der Waals surface area contributed by atoms with Crippen LogP contribution in [0.15, 0.2) is 18.2 Å². The fourth-order valence-electron chi connectivity index (χ4n) is 2.66. The van der Waals surface area contributed by atoms with Crippen molar-refractivity contribution < 1.29 is 15.0 Å². The van der Waals surface area contributed by atoms with Crippen LogP contribution in [0.1, 0.15) is 36.0 Å². The second-order valence-corrected chi connectivity index (χ2v) is 5.27. The first kappa shape index (κ1) is 13.7. The summed E-state index contributed by atoms with van der Waals surface area (Å²) in [5.74, 6) is -1.05. The predicted molar refractivity (Wildman–Crippen MR) is 72.1 cm³/mol. The molecule has 5 N–H and O–H groups in total. The Labute approximate surface area is 112 Å². The molecule has 0 bridgehead atoms. The average molecular weight is 264 g/mol. The van der Waals surface area contributed by atoms with Gasteiger partial charge in [-0.25, -0.2) is 0 Å². The van der Waals surface area contributed by atoms with Crippen LogP contribution >= 0.6 is 0 Å². The molecular weight excluding hydrogens is 244 g/mol. The number of nitrogens with one attached hydrogen (secondary N) is 1. The Kier molecular flexibility index (Phi) is 3.95. The number of hydrogen-bond acceptors (Lipinski definition) is 4. The first-order valence-electron chi connectivity index (χ1n) is 6.57. The molecule has 104 valence electrons. The highest BCUT2D eigenvalue weighted by molar-refractivity contribution is 5.97. The van der Waals surface area contributed by atoms with E-state index in [1.54, 1.807) is 0 Å². The summed E-state index contributed by atoms with van der Waals surface area (Å²) in [7, 11) is 0. The van der Waals surface area contributed by atoms with Crippen LogP contribution in [0.2, 0.25) is 0 Å². The summed E-state index contributed by atoms with van der Waals surface area (Å²) < 4.78 is 0. The lowest BCUT2D eigenvalue weighted by Crippen LogP contribution is -2.40. The van der Waals surface area contributed by atoms with Gasteiger partial charge in [0, 0.05) is 6.54 Å². The largest absolute Gasteiger partial charge is 0.504 e. The van der Waals surface area contributed by atoms with E-state index in [-0.39, 0.29) is 28.4 Å². The molecule has 5 nitrogen and oxygen atoms in total. The second kappa shape index (κ2) is 5.48. The zero-order valence-corrected chi connectivity index (χ0v) is 10.9. The van der Waals surface area contributed by atoms with Gasteiger partial charge >= 0.3 is 0 Å². The van der Waals surface area contributed by atoms with Gasteiger partial charge in [-0.3, -0.25) is 4.79 Å². The average Bonchev–Trinajstić information content (AvgIpc) is 2.89. The van der Waals surface area contributed by atoms with Crippen LogP contribution in [0.3, 0.4) is 0 Å². The molecule has 0 saturated heterocycles. The molecule has 1 saturated carbocycles. The van der Waals surface area contributed by atoms with Crippen LogP contribution in [0.25, 0.3) is 0 Å². The SMILES string of the molecule is NCC1(CNC(=O)c2cccc(O)c2O)CCCC1. The Morgan fingerprint density at radius 3 is 2.63 bits per heavy atom. The van der Waals surface area contributed by atoms with Gasteiger partial charge in [0.05, 0.1) is 5.56 Å². The van der Waals surface area contributed by atoms with Crippen LogP contribution in [0.4, 0.5) is 0 Å². The van der Waals surface area contributed by atoms with Crippen LogP contribution in [-0.2, 0) is 0 Å². The summed E-state index contributed by atoms with van der Waals surface area (Å²) in [5.41, 5.74) is 5.88. The van der Waals surface area contributed by atoms with Gasteiger partial charge in [0.1, 0.15) is 0 Å². The van der Waals surface area contributed by atoms with E-state index in [4.69, 9.17) is 5.73 Å². The molecule has 0 radical (unpaired) electrons. The molecule has 1 aliphatic carbocycles. The molecule has 5 heteroatoms. The van der Waals surface area contributed by atoms with Crippen LogP contribution in [-0.4, -0.2) is 29.2 Å². The minimum absolute atomic E-state index is 0.0118. The Balaban J connectivity index is 2.03. The number of amides is 1. The van der Waals surface area contributed by atoms with Gasteiger partial charge in [-0.05, 0) is 36.9 Å². The van der Waals surface area contributed by atoms with E-state index < -0.39 is 0 Å². The number of rotatable bonds is 4. The fraction of sp³-hybridized carbons (Fsp3) is 0.500. The number of carbonyl (C=O) groups is 1. The van der Waals surface area contributed by atoms with Crippen molar-refractivity contribution in [2.24, 2.45) is 11.1 Å². The highest BCUT2D eigenvalue weighted by Crippen LogP contribution is 2.36. The maximum absolute atomic E-state index is 12.0. The topological polar surface area (TPSA) is 95.6 Å². The molecule has 19 heavy (non-hydrogen) atoms. The van der Waals surface area contributed by atoms with Crippen LogP contribution in [0, 0.1) is 5.41 Å². The summed E-state index contributed by atoms with van der Waals surface area (Å²) >= 11 is 0. The standard InChI is InChI=1S/C14H20N2O3/c15-8-14(6-1-2-7-14)9-16-13(19)10-4-3-5-11(17)12(10)18/h3-5,17-18H,1-2,6-9,15H2,(H,16,19). The molecule has 1 amide bonds. The first-order chi connectivity index (χ1) is 9.08. The smallest absolute Gasteiger partial charge is 0.255 e.